The van der Waals surface area contributed by atoms with E-state index in [1.54, 1.807) is 18.2 Å². The van der Waals surface area contributed by atoms with Gasteiger partial charge in [0.2, 0.25) is 0 Å². The Morgan fingerprint density at radius 2 is 2.12 bits per heavy atom. The molecule has 1 aromatic heterocycles. The molecule has 0 amide bonds. The van der Waals surface area contributed by atoms with Gasteiger partial charge in [-0.05, 0) is 12.1 Å². The number of hydrogen-bond acceptors (Lipinski definition) is 3. The highest BCUT2D eigenvalue weighted by Gasteiger charge is 2.06. The number of rotatable bonds is 3. The Morgan fingerprint density at radius 3 is 2.76 bits per heavy atom. The summed E-state index contributed by atoms with van der Waals surface area (Å²) in [6, 6.07) is 6.17. The van der Waals surface area contributed by atoms with E-state index in [4.69, 9.17) is 23.2 Å². The van der Waals surface area contributed by atoms with E-state index in [0.717, 1.165) is 0 Å². The normalized spacial score (nSPS) is 11.0. The Morgan fingerprint density at radius 1 is 1.35 bits per heavy atom. The Kier molecular flexibility index (Phi) is 3.61. The van der Waals surface area contributed by atoms with E-state index in [0.29, 0.717) is 5.56 Å². The monoisotopic (exact) mass is 272 g/mol. The first kappa shape index (κ1) is 11.9. The van der Waals surface area contributed by atoms with Crippen molar-refractivity contribution in [3.05, 3.63) is 46.0 Å². The lowest BCUT2D eigenvalue weighted by atomic mass is 10.3. The fourth-order valence-corrected chi connectivity index (χ4v) is 1.55. The van der Waals surface area contributed by atoms with Gasteiger partial charge >= 0.3 is 0 Å². The second kappa shape index (κ2) is 5.16. The van der Waals surface area contributed by atoms with Crippen molar-refractivity contribution in [1.82, 2.24) is 10.2 Å². The lowest BCUT2D eigenvalue weighted by Gasteiger charge is -2.00. The van der Waals surface area contributed by atoms with Crippen LogP contribution in [0.1, 0.15) is 5.56 Å². The SMILES string of the molecule is Fc1ccccc1NN=Cc1c(Cl)n[nH]c1Cl. The van der Waals surface area contributed by atoms with E-state index in [9.17, 15) is 4.39 Å². The van der Waals surface area contributed by atoms with E-state index < -0.39 is 5.82 Å². The summed E-state index contributed by atoms with van der Waals surface area (Å²) in [5.41, 5.74) is 3.25. The van der Waals surface area contributed by atoms with Gasteiger partial charge in [0.25, 0.3) is 0 Å². The molecule has 2 aromatic rings. The van der Waals surface area contributed by atoms with Gasteiger partial charge < -0.3 is 0 Å². The van der Waals surface area contributed by atoms with E-state index in [-0.39, 0.29) is 16.0 Å². The number of para-hydroxylation sites is 1. The van der Waals surface area contributed by atoms with Crippen LogP contribution in [-0.4, -0.2) is 16.4 Å². The highest BCUT2D eigenvalue weighted by molar-refractivity contribution is 6.37. The van der Waals surface area contributed by atoms with E-state index in [2.05, 4.69) is 20.7 Å². The number of benzene rings is 1. The number of nitrogens with one attached hydrogen (secondary N) is 2. The summed E-state index contributed by atoms with van der Waals surface area (Å²) < 4.78 is 13.2. The van der Waals surface area contributed by atoms with Crippen molar-refractivity contribution in [3.63, 3.8) is 0 Å². The van der Waals surface area contributed by atoms with Crippen molar-refractivity contribution in [2.75, 3.05) is 5.43 Å². The molecule has 0 aliphatic heterocycles. The quantitative estimate of drug-likeness (QED) is 0.666. The fourth-order valence-electron chi connectivity index (χ4n) is 1.14. The van der Waals surface area contributed by atoms with Crippen LogP contribution >= 0.6 is 23.2 Å². The maximum Gasteiger partial charge on any atom is 0.161 e. The number of aromatic amines is 1. The first-order valence-corrected chi connectivity index (χ1v) is 5.37. The van der Waals surface area contributed by atoms with Crippen molar-refractivity contribution < 1.29 is 4.39 Å². The van der Waals surface area contributed by atoms with Gasteiger partial charge in [0, 0.05) is 0 Å². The zero-order valence-corrected chi connectivity index (χ0v) is 9.93. The van der Waals surface area contributed by atoms with Crippen molar-refractivity contribution in [3.8, 4) is 0 Å². The minimum Gasteiger partial charge on any atom is -0.276 e. The molecule has 0 saturated heterocycles. The molecule has 0 radical (unpaired) electrons. The zero-order valence-electron chi connectivity index (χ0n) is 8.42. The highest BCUT2D eigenvalue weighted by Crippen LogP contribution is 2.18. The molecule has 17 heavy (non-hydrogen) atoms. The van der Waals surface area contributed by atoms with Gasteiger partial charge in [0.05, 0.1) is 17.5 Å². The summed E-state index contributed by atoms with van der Waals surface area (Å²) in [4.78, 5) is 0. The van der Waals surface area contributed by atoms with Crippen LogP contribution in [0.2, 0.25) is 10.3 Å². The van der Waals surface area contributed by atoms with Crippen LogP contribution in [-0.2, 0) is 0 Å². The molecule has 0 aliphatic rings. The van der Waals surface area contributed by atoms with Crippen molar-refractivity contribution in [2.24, 2.45) is 5.10 Å². The molecule has 0 saturated carbocycles. The number of aromatic nitrogens is 2. The molecular weight excluding hydrogens is 266 g/mol. The van der Waals surface area contributed by atoms with Gasteiger partial charge in [-0.2, -0.15) is 10.2 Å². The maximum absolute atomic E-state index is 13.2. The molecule has 0 atom stereocenters. The molecule has 1 heterocycles. The third-order valence-electron chi connectivity index (χ3n) is 1.96. The van der Waals surface area contributed by atoms with E-state index in [1.165, 1.54) is 12.3 Å². The number of hydrazone groups is 1. The molecule has 0 fully saturated rings. The number of anilines is 1. The molecule has 0 unspecified atom stereocenters. The van der Waals surface area contributed by atoms with Crippen LogP contribution in [0, 0.1) is 5.82 Å². The molecular formula is C10H7Cl2FN4. The number of H-pyrrole nitrogens is 1. The highest BCUT2D eigenvalue weighted by atomic mass is 35.5. The molecule has 0 aliphatic carbocycles. The average Bonchev–Trinajstić information content (AvgIpc) is 2.63. The Bertz CT molecular complexity index is 533. The van der Waals surface area contributed by atoms with Gasteiger partial charge in [-0.25, -0.2) is 4.39 Å². The first-order valence-electron chi connectivity index (χ1n) is 4.61. The summed E-state index contributed by atoms with van der Waals surface area (Å²) in [6.45, 7) is 0. The smallest absolute Gasteiger partial charge is 0.161 e. The summed E-state index contributed by atoms with van der Waals surface area (Å²) in [5.74, 6) is -0.394. The Balaban J connectivity index is 2.11. The van der Waals surface area contributed by atoms with Crippen LogP contribution in [0.25, 0.3) is 0 Å². The van der Waals surface area contributed by atoms with Crippen LogP contribution < -0.4 is 5.43 Å². The van der Waals surface area contributed by atoms with E-state index in [1.807, 2.05) is 0 Å². The Hall–Kier alpha value is -1.59. The topological polar surface area (TPSA) is 53.1 Å². The van der Waals surface area contributed by atoms with Crippen LogP contribution in [0.4, 0.5) is 10.1 Å². The van der Waals surface area contributed by atoms with Crippen molar-refractivity contribution >= 4 is 35.1 Å². The van der Waals surface area contributed by atoms with Crippen LogP contribution in [0.3, 0.4) is 0 Å². The van der Waals surface area contributed by atoms with Crippen molar-refractivity contribution in [1.29, 1.82) is 0 Å². The van der Waals surface area contributed by atoms with Gasteiger partial charge in [-0.3, -0.25) is 10.5 Å². The third kappa shape index (κ3) is 2.75. The lowest BCUT2D eigenvalue weighted by molar-refractivity contribution is 0.631. The number of halogens is 3. The lowest BCUT2D eigenvalue weighted by Crippen LogP contribution is -1.93. The van der Waals surface area contributed by atoms with Gasteiger partial charge in [-0.1, -0.05) is 35.3 Å². The second-order valence-corrected chi connectivity index (χ2v) is 3.83. The van der Waals surface area contributed by atoms with Gasteiger partial charge in [0.15, 0.2) is 5.15 Å². The second-order valence-electron chi connectivity index (χ2n) is 3.09. The predicted molar refractivity (Wildman–Crippen MR) is 66.2 cm³/mol. The minimum atomic E-state index is -0.394. The summed E-state index contributed by atoms with van der Waals surface area (Å²) in [6.07, 6.45) is 1.36. The predicted octanol–water partition coefficient (Wildman–Crippen LogP) is 3.30. The van der Waals surface area contributed by atoms with E-state index >= 15 is 0 Å². The van der Waals surface area contributed by atoms with Gasteiger partial charge in [-0.15, -0.1) is 0 Å². The molecule has 1 aromatic carbocycles. The summed E-state index contributed by atoms with van der Waals surface area (Å²) >= 11 is 11.5. The van der Waals surface area contributed by atoms with Gasteiger partial charge in [0.1, 0.15) is 11.0 Å². The first-order chi connectivity index (χ1) is 8.18. The van der Waals surface area contributed by atoms with Crippen molar-refractivity contribution in [2.45, 2.75) is 0 Å². The van der Waals surface area contributed by atoms with Crippen LogP contribution in [0.15, 0.2) is 29.4 Å². The maximum atomic E-state index is 13.2. The zero-order chi connectivity index (χ0) is 12.3. The molecule has 0 bridgehead atoms. The average molecular weight is 273 g/mol. The minimum absolute atomic E-state index is 0.203. The molecule has 88 valence electrons. The molecule has 2 N–H and O–H groups in total. The summed E-state index contributed by atoms with van der Waals surface area (Å²) in [5, 5.41) is 10.5. The van der Waals surface area contributed by atoms with Crippen LogP contribution in [0.5, 0.6) is 0 Å². The molecule has 0 spiro atoms. The molecule has 2 rings (SSSR count). The number of nitrogens with zero attached hydrogens (tertiary/aromatic N) is 2. The largest absolute Gasteiger partial charge is 0.276 e. The Labute approximate surface area is 106 Å². The summed E-state index contributed by atoms with van der Waals surface area (Å²) in [7, 11) is 0. The standard InChI is InChI=1S/C10H7Cl2FN4/c11-9-6(10(12)17-16-9)5-14-15-8-4-2-1-3-7(8)13/h1-5,15H,(H,16,17). The fraction of sp³-hybridized carbons (Fsp3) is 0. The number of hydrogen-bond donors (Lipinski definition) is 2. The molecule has 7 heteroatoms. The third-order valence-corrected chi connectivity index (χ3v) is 2.54. The molecule has 4 nitrogen and oxygen atoms in total.